The van der Waals surface area contributed by atoms with Gasteiger partial charge in [0.05, 0.1) is 16.0 Å². The van der Waals surface area contributed by atoms with Gasteiger partial charge in [-0.15, -0.1) is 0 Å². The van der Waals surface area contributed by atoms with Crippen molar-refractivity contribution in [3.63, 3.8) is 0 Å². The number of nitrogens with zero attached hydrogens (tertiary/aromatic N) is 1. The molecule has 29 heavy (non-hydrogen) atoms. The third-order valence-electron chi connectivity index (χ3n) is 4.11. The molecule has 1 aliphatic rings. The van der Waals surface area contributed by atoms with Crippen molar-refractivity contribution in [3.8, 4) is 11.5 Å². The SMILES string of the molecule is CN(Cc1ccc2c(c1)OCO2)S(=O)(=O)c1cc(C(F)(F)F)cc(C(F)(F)F)c1. The summed E-state index contributed by atoms with van der Waals surface area (Å²) in [5.41, 5.74) is -3.01. The van der Waals surface area contributed by atoms with Crippen LogP contribution in [0.4, 0.5) is 26.3 Å². The van der Waals surface area contributed by atoms with Crippen molar-refractivity contribution < 1.29 is 44.2 Å². The zero-order chi connectivity index (χ0) is 21.6. The fourth-order valence-electron chi connectivity index (χ4n) is 2.64. The Morgan fingerprint density at radius 2 is 1.45 bits per heavy atom. The lowest BCUT2D eigenvalue weighted by molar-refractivity contribution is -0.143. The summed E-state index contributed by atoms with van der Waals surface area (Å²) in [6, 6.07) is 4.73. The van der Waals surface area contributed by atoms with Crippen LogP contribution in [0.25, 0.3) is 0 Å². The molecule has 0 N–H and O–H groups in total. The topological polar surface area (TPSA) is 55.8 Å². The first-order valence-electron chi connectivity index (χ1n) is 7.93. The molecular formula is C17H13F6NO4S. The molecule has 0 aromatic heterocycles. The van der Waals surface area contributed by atoms with E-state index in [1.165, 1.54) is 18.2 Å². The molecule has 0 spiro atoms. The van der Waals surface area contributed by atoms with Gasteiger partial charge < -0.3 is 9.47 Å². The molecule has 1 aliphatic heterocycles. The largest absolute Gasteiger partial charge is 0.454 e. The molecule has 0 bridgehead atoms. The van der Waals surface area contributed by atoms with E-state index in [-0.39, 0.29) is 31.5 Å². The summed E-state index contributed by atoms with van der Waals surface area (Å²) in [5.74, 6) is 0.790. The predicted molar refractivity (Wildman–Crippen MR) is 87.7 cm³/mol. The number of hydrogen-bond acceptors (Lipinski definition) is 4. The van der Waals surface area contributed by atoms with Crippen LogP contribution in [0.5, 0.6) is 11.5 Å². The van der Waals surface area contributed by atoms with Crippen molar-refractivity contribution in [2.75, 3.05) is 13.8 Å². The Labute approximate surface area is 161 Å². The first-order chi connectivity index (χ1) is 13.3. The van der Waals surface area contributed by atoms with E-state index < -0.39 is 38.4 Å². The molecule has 0 aliphatic carbocycles. The number of sulfonamides is 1. The Morgan fingerprint density at radius 3 is 2.00 bits per heavy atom. The van der Waals surface area contributed by atoms with Crippen molar-refractivity contribution in [1.82, 2.24) is 4.31 Å². The number of ether oxygens (including phenoxy) is 2. The number of halogens is 6. The normalized spacial score (nSPS) is 14.5. The van der Waals surface area contributed by atoms with Crippen molar-refractivity contribution in [3.05, 3.63) is 53.1 Å². The fourth-order valence-corrected chi connectivity index (χ4v) is 3.87. The highest BCUT2D eigenvalue weighted by Crippen LogP contribution is 2.38. The van der Waals surface area contributed by atoms with E-state index in [1.807, 2.05) is 0 Å². The van der Waals surface area contributed by atoms with E-state index in [9.17, 15) is 34.8 Å². The number of hydrogen-bond donors (Lipinski definition) is 0. The van der Waals surface area contributed by atoms with Crippen molar-refractivity contribution in [1.29, 1.82) is 0 Å². The minimum atomic E-state index is -5.15. The van der Waals surface area contributed by atoms with Gasteiger partial charge in [-0.1, -0.05) is 6.07 Å². The van der Waals surface area contributed by atoms with Gasteiger partial charge in [0.15, 0.2) is 11.5 Å². The summed E-state index contributed by atoms with van der Waals surface area (Å²) in [7, 11) is -3.61. The van der Waals surface area contributed by atoms with Gasteiger partial charge in [-0.05, 0) is 35.9 Å². The third kappa shape index (κ3) is 4.42. The molecule has 0 atom stereocenters. The average Bonchev–Trinajstić information content (AvgIpc) is 3.07. The Kier molecular flexibility index (Phi) is 5.20. The maximum atomic E-state index is 13.0. The molecular weight excluding hydrogens is 428 g/mol. The third-order valence-corrected chi connectivity index (χ3v) is 5.89. The highest BCUT2D eigenvalue weighted by molar-refractivity contribution is 7.89. The Hall–Kier alpha value is -2.47. The minimum absolute atomic E-state index is 0.0165. The van der Waals surface area contributed by atoms with Gasteiger partial charge in [-0.25, -0.2) is 8.42 Å². The van der Waals surface area contributed by atoms with E-state index in [1.54, 1.807) is 0 Å². The zero-order valence-electron chi connectivity index (χ0n) is 14.6. The summed E-state index contributed by atoms with van der Waals surface area (Å²) in [6.45, 7) is -0.325. The van der Waals surface area contributed by atoms with Gasteiger partial charge >= 0.3 is 12.4 Å². The second kappa shape index (κ2) is 7.10. The first-order valence-corrected chi connectivity index (χ1v) is 9.37. The molecule has 0 fully saturated rings. The van der Waals surface area contributed by atoms with Crippen LogP contribution in [0, 0.1) is 0 Å². The van der Waals surface area contributed by atoms with Crippen LogP contribution in [0.2, 0.25) is 0 Å². The van der Waals surface area contributed by atoms with E-state index in [0.29, 0.717) is 21.4 Å². The molecule has 0 saturated heterocycles. The molecule has 0 radical (unpaired) electrons. The second-order valence-corrected chi connectivity index (χ2v) is 8.24. The lowest BCUT2D eigenvalue weighted by atomic mass is 10.1. The van der Waals surface area contributed by atoms with Crippen LogP contribution in [0.3, 0.4) is 0 Å². The maximum absolute atomic E-state index is 13.0. The smallest absolute Gasteiger partial charge is 0.416 e. The van der Waals surface area contributed by atoms with Gasteiger partial charge in [-0.3, -0.25) is 0 Å². The molecule has 5 nitrogen and oxygen atoms in total. The van der Waals surface area contributed by atoms with E-state index in [2.05, 4.69) is 0 Å². The zero-order valence-corrected chi connectivity index (χ0v) is 15.5. The van der Waals surface area contributed by atoms with E-state index in [4.69, 9.17) is 9.47 Å². The van der Waals surface area contributed by atoms with Gasteiger partial charge in [0, 0.05) is 13.6 Å². The van der Waals surface area contributed by atoms with Crippen LogP contribution in [-0.2, 0) is 28.9 Å². The van der Waals surface area contributed by atoms with Gasteiger partial charge in [0.2, 0.25) is 16.8 Å². The van der Waals surface area contributed by atoms with Gasteiger partial charge in [-0.2, -0.15) is 30.6 Å². The minimum Gasteiger partial charge on any atom is -0.454 e. The molecule has 2 aromatic rings. The first kappa shape index (κ1) is 21.2. The highest BCUT2D eigenvalue weighted by Gasteiger charge is 2.38. The van der Waals surface area contributed by atoms with Crippen LogP contribution in [0.1, 0.15) is 16.7 Å². The quantitative estimate of drug-likeness (QED) is 0.665. The molecule has 0 saturated carbocycles. The predicted octanol–water partition coefficient (Wildman–Crippen LogP) is 4.27. The number of rotatable bonds is 4. The van der Waals surface area contributed by atoms with Crippen LogP contribution < -0.4 is 9.47 Å². The molecule has 12 heteroatoms. The molecule has 158 valence electrons. The van der Waals surface area contributed by atoms with E-state index in [0.717, 1.165) is 7.05 Å². The summed E-state index contributed by atoms with van der Waals surface area (Å²) in [5, 5.41) is 0. The fraction of sp³-hybridized carbons (Fsp3) is 0.294. The summed E-state index contributed by atoms with van der Waals surface area (Å²) in [4.78, 5) is -1.11. The van der Waals surface area contributed by atoms with Crippen LogP contribution in [-0.4, -0.2) is 26.6 Å². The molecule has 3 rings (SSSR count). The lowest BCUT2D eigenvalue weighted by Crippen LogP contribution is -2.27. The van der Waals surface area contributed by atoms with Gasteiger partial charge in [0.1, 0.15) is 0 Å². The van der Waals surface area contributed by atoms with Crippen molar-refractivity contribution >= 4 is 10.0 Å². The summed E-state index contributed by atoms with van der Waals surface area (Å²) in [6.07, 6.45) is -10.3. The van der Waals surface area contributed by atoms with E-state index >= 15 is 0 Å². The average molecular weight is 441 g/mol. The summed E-state index contributed by atoms with van der Waals surface area (Å²) < 4.78 is 114. The number of fused-ring (bicyclic) bond motifs is 1. The Balaban J connectivity index is 1.97. The number of alkyl halides is 6. The highest BCUT2D eigenvalue weighted by atomic mass is 32.2. The standard InChI is InChI=1S/C17H13F6NO4S/c1-24(8-10-2-3-14-15(4-10)28-9-27-14)29(25,26)13-6-11(16(18,19)20)5-12(7-13)17(21,22)23/h2-7H,8-9H2,1H3. The van der Waals surface area contributed by atoms with Crippen LogP contribution >= 0.6 is 0 Å². The van der Waals surface area contributed by atoms with Crippen LogP contribution in [0.15, 0.2) is 41.3 Å². The summed E-state index contributed by atoms with van der Waals surface area (Å²) >= 11 is 0. The Bertz CT molecular complexity index is 1000. The molecule has 0 amide bonds. The molecule has 1 heterocycles. The monoisotopic (exact) mass is 441 g/mol. The van der Waals surface area contributed by atoms with Crippen molar-refractivity contribution in [2.24, 2.45) is 0 Å². The van der Waals surface area contributed by atoms with Gasteiger partial charge in [0.25, 0.3) is 0 Å². The molecule has 2 aromatic carbocycles. The Morgan fingerprint density at radius 1 is 0.897 bits per heavy atom. The second-order valence-electron chi connectivity index (χ2n) is 6.19. The van der Waals surface area contributed by atoms with Crippen molar-refractivity contribution in [2.45, 2.75) is 23.8 Å². The maximum Gasteiger partial charge on any atom is 0.416 e. The lowest BCUT2D eigenvalue weighted by Gasteiger charge is -2.20. The number of benzene rings is 2. The molecule has 0 unspecified atom stereocenters.